The van der Waals surface area contributed by atoms with Gasteiger partial charge in [0, 0.05) is 19.6 Å². The molecule has 0 radical (unpaired) electrons. The van der Waals surface area contributed by atoms with Gasteiger partial charge in [-0.15, -0.1) is 0 Å². The maximum Gasteiger partial charge on any atom is 0.119 e. The molecule has 1 aromatic rings. The number of oxime groups is 1. The van der Waals surface area contributed by atoms with Crippen LogP contribution in [0.25, 0.3) is 0 Å². The van der Waals surface area contributed by atoms with Crippen LogP contribution in [0.4, 0.5) is 0 Å². The molecule has 110 valence electrons. The van der Waals surface area contributed by atoms with Crippen molar-refractivity contribution in [1.29, 1.82) is 0 Å². The summed E-state index contributed by atoms with van der Waals surface area (Å²) in [5.41, 5.74) is 1.61. The molecule has 0 aliphatic carbocycles. The molecule has 1 aromatic carbocycles. The van der Waals surface area contributed by atoms with Gasteiger partial charge in [0.2, 0.25) is 0 Å². The molecule has 0 amide bonds. The summed E-state index contributed by atoms with van der Waals surface area (Å²) < 4.78 is 11.0. The van der Waals surface area contributed by atoms with Crippen LogP contribution in [-0.4, -0.2) is 55.3 Å². The lowest BCUT2D eigenvalue weighted by Crippen LogP contribution is -2.38. The summed E-state index contributed by atoms with van der Waals surface area (Å²) in [5.74, 6) is 0.843. The van der Waals surface area contributed by atoms with Crippen molar-refractivity contribution in [2.75, 3.05) is 39.5 Å². The third kappa shape index (κ3) is 4.21. The van der Waals surface area contributed by atoms with Crippen LogP contribution in [0.15, 0.2) is 29.4 Å². The lowest BCUT2D eigenvalue weighted by molar-refractivity contribution is 0.0322. The number of morpholine rings is 1. The van der Waals surface area contributed by atoms with E-state index in [0.29, 0.717) is 18.7 Å². The third-order valence-electron chi connectivity index (χ3n) is 3.42. The Morgan fingerprint density at radius 1 is 1.30 bits per heavy atom. The van der Waals surface area contributed by atoms with Crippen LogP contribution in [-0.2, 0) is 4.74 Å². The summed E-state index contributed by atoms with van der Waals surface area (Å²) in [6.07, 6.45) is 0.702. The van der Waals surface area contributed by atoms with Crippen molar-refractivity contribution in [3.63, 3.8) is 0 Å². The lowest BCUT2D eigenvalue weighted by atomic mass is 10.1. The van der Waals surface area contributed by atoms with Gasteiger partial charge in [-0.25, -0.2) is 0 Å². The molecule has 1 heterocycles. The molecule has 0 saturated carbocycles. The fraction of sp³-hybridized carbons (Fsp3) is 0.533. The quantitative estimate of drug-likeness (QED) is 0.491. The highest BCUT2D eigenvalue weighted by atomic mass is 16.5. The Morgan fingerprint density at radius 3 is 2.60 bits per heavy atom. The van der Waals surface area contributed by atoms with E-state index in [2.05, 4.69) is 10.1 Å². The van der Waals surface area contributed by atoms with Gasteiger partial charge >= 0.3 is 0 Å². The Hall–Kier alpha value is -1.59. The lowest BCUT2D eigenvalue weighted by Gasteiger charge is -2.26. The van der Waals surface area contributed by atoms with E-state index >= 15 is 0 Å². The van der Waals surface area contributed by atoms with E-state index in [-0.39, 0.29) is 0 Å². The van der Waals surface area contributed by atoms with Crippen LogP contribution < -0.4 is 4.74 Å². The van der Waals surface area contributed by atoms with Crippen molar-refractivity contribution in [3.05, 3.63) is 29.8 Å². The third-order valence-corrected chi connectivity index (χ3v) is 3.42. The van der Waals surface area contributed by atoms with Crippen LogP contribution >= 0.6 is 0 Å². The highest BCUT2D eigenvalue weighted by Crippen LogP contribution is 2.14. The molecule has 2 rings (SSSR count). The number of hydrogen-bond donors (Lipinski definition) is 1. The molecule has 0 spiro atoms. The number of ether oxygens (including phenoxy) is 2. The van der Waals surface area contributed by atoms with Gasteiger partial charge in [-0.3, -0.25) is 4.90 Å². The first-order valence-corrected chi connectivity index (χ1v) is 7.07. The summed E-state index contributed by atoms with van der Waals surface area (Å²) in [6.45, 7) is 7.15. The SMILES string of the molecule is CC/C(=N\O)c1ccc(OCCN2CCOCC2)cc1. The monoisotopic (exact) mass is 278 g/mol. The fourth-order valence-electron chi connectivity index (χ4n) is 2.19. The van der Waals surface area contributed by atoms with Crippen LogP contribution in [0.2, 0.25) is 0 Å². The average Bonchev–Trinajstić information content (AvgIpc) is 2.51. The van der Waals surface area contributed by atoms with Crippen LogP contribution in [0.1, 0.15) is 18.9 Å². The predicted octanol–water partition coefficient (Wildman–Crippen LogP) is 1.99. The Balaban J connectivity index is 1.78. The molecule has 5 heteroatoms. The van der Waals surface area contributed by atoms with Crippen LogP contribution in [0.5, 0.6) is 5.75 Å². The highest BCUT2D eigenvalue weighted by molar-refractivity contribution is 6.00. The van der Waals surface area contributed by atoms with Crippen molar-refractivity contribution in [1.82, 2.24) is 4.90 Å². The topological polar surface area (TPSA) is 54.3 Å². The smallest absolute Gasteiger partial charge is 0.119 e. The van der Waals surface area contributed by atoms with Gasteiger partial charge in [-0.1, -0.05) is 12.1 Å². The van der Waals surface area contributed by atoms with Crippen molar-refractivity contribution >= 4 is 5.71 Å². The largest absolute Gasteiger partial charge is 0.492 e. The molecule has 0 bridgehead atoms. The number of nitrogens with zero attached hydrogens (tertiary/aromatic N) is 2. The number of rotatable bonds is 6. The summed E-state index contributed by atoms with van der Waals surface area (Å²) >= 11 is 0. The maximum atomic E-state index is 8.88. The van der Waals surface area contributed by atoms with E-state index < -0.39 is 0 Å². The zero-order chi connectivity index (χ0) is 14.2. The van der Waals surface area contributed by atoms with Gasteiger partial charge in [-0.2, -0.15) is 0 Å². The van der Waals surface area contributed by atoms with Crippen molar-refractivity contribution < 1.29 is 14.7 Å². The second-order valence-corrected chi connectivity index (χ2v) is 4.73. The molecule has 1 fully saturated rings. The Kier molecular flexibility index (Phi) is 5.83. The molecule has 1 N–H and O–H groups in total. The Labute approximate surface area is 119 Å². The zero-order valence-corrected chi connectivity index (χ0v) is 11.9. The minimum absolute atomic E-state index is 0.675. The van der Waals surface area contributed by atoms with E-state index in [4.69, 9.17) is 14.7 Å². The van der Waals surface area contributed by atoms with Crippen molar-refractivity contribution in [2.45, 2.75) is 13.3 Å². The highest BCUT2D eigenvalue weighted by Gasteiger charge is 2.09. The molecule has 5 nitrogen and oxygen atoms in total. The number of hydrogen-bond acceptors (Lipinski definition) is 5. The minimum Gasteiger partial charge on any atom is -0.492 e. The van der Waals surface area contributed by atoms with Gasteiger partial charge in [0.05, 0.1) is 18.9 Å². The molecule has 0 aromatic heterocycles. The second kappa shape index (κ2) is 7.87. The van der Waals surface area contributed by atoms with E-state index in [1.807, 2.05) is 31.2 Å². The summed E-state index contributed by atoms with van der Waals surface area (Å²) in [4.78, 5) is 2.34. The van der Waals surface area contributed by atoms with E-state index in [9.17, 15) is 0 Å². The van der Waals surface area contributed by atoms with Gasteiger partial charge < -0.3 is 14.7 Å². The van der Waals surface area contributed by atoms with E-state index in [0.717, 1.165) is 44.2 Å². The average molecular weight is 278 g/mol. The van der Waals surface area contributed by atoms with Crippen LogP contribution in [0, 0.1) is 0 Å². The van der Waals surface area contributed by atoms with Gasteiger partial charge in [0.1, 0.15) is 12.4 Å². The normalized spacial score (nSPS) is 17.1. The van der Waals surface area contributed by atoms with Gasteiger partial charge in [0.25, 0.3) is 0 Å². The zero-order valence-electron chi connectivity index (χ0n) is 11.9. The predicted molar refractivity (Wildman–Crippen MR) is 77.8 cm³/mol. The summed E-state index contributed by atoms with van der Waals surface area (Å²) in [5, 5.41) is 12.2. The molecular formula is C15H22N2O3. The van der Waals surface area contributed by atoms with Gasteiger partial charge in [0.15, 0.2) is 0 Å². The molecule has 0 atom stereocenters. The fourth-order valence-corrected chi connectivity index (χ4v) is 2.19. The first kappa shape index (κ1) is 14.8. The summed E-state index contributed by atoms with van der Waals surface area (Å²) in [7, 11) is 0. The van der Waals surface area contributed by atoms with Crippen LogP contribution in [0.3, 0.4) is 0 Å². The molecule has 20 heavy (non-hydrogen) atoms. The number of benzene rings is 1. The maximum absolute atomic E-state index is 8.88. The molecular weight excluding hydrogens is 256 g/mol. The molecule has 0 unspecified atom stereocenters. The van der Waals surface area contributed by atoms with E-state index in [1.165, 1.54) is 0 Å². The Morgan fingerprint density at radius 2 is 2.00 bits per heavy atom. The second-order valence-electron chi connectivity index (χ2n) is 4.73. The molecule has 1 saturated heterocycles. The summed E-state index contributed by atoms with van der Waals surface area (Å²) in [6, 6.07) is 7.66. The van der Waals surface area contributed by atoms with Crippen molar-refractivity contribution in [2.24, 2.45) is 5.16 Å². The molecule has 1 aliphatic rings. The standard InChI is InChI=1S/C15H22N2O3/c1-2-15(16-18)13-3-5-14(6-4-13)20-12-9-17-7-10-19-11-8-17/h3-6,18H,2,7-12H2,1H3/b16-15+. The first-order chi connectivity index (χ1) is 9.83. The molecule has 1 aliphatic heterocycles. The Bertz CT molecular complexity index is 425. The first-order valence-electron chi connectivity index (χ1n) is 7.07. The van der Waals surface area contributed by atoms with Crippen molar-refractivity contribution in [3.8, 4) is 5.75 Å². The van der Waals surface area contributed by atoms with Gasteiger partial charge in [-0.05, 0) is 36.2 Å². The van der Waals surface area contributed by atoms with E-state index in [1.54, 1.807) is 0 Å². The minimum atomic E-state index is 0.675.